The van der Waals surface area contributed by atoms with Crippen LogP contribution in [-0.4, -0.2) is 38.3 Å². The van der Waals surface area contributed by atoms with Crippen molar-refractivity contribution in [3.05, 3.63) is 53.4 Å². The van der Waals surface area contributed by atoms with E-state index in [-0.39, 0.29) is 22.7 Å². The third kappa shape index (κ3) is 5.15. The number of sulfonamides is 1. The van der Waals surface area contributed by atoms with Gasteiger partial charge in [0.2, 0.25) is 5.91 Å². The van der Waals surface area contributed by atoms with Crippen LogP contribution >= 0.6 is 11.3 Å². The lowest BCUT2D eigenvalue weighted by Crippen LogP contribution is -2.41. The van der Waals surface area contributed by atoms with Crippen molar-refractivity contribution in [1.29, 1.82) is 0 Å². The third-order valence-electron chi connectivity index (χ3n) is 3.64. The number of thiophene rings is 1. The van der Waals surface area contributed by atoms with Crippen LogP contribution in [0.3, 0.4) is 0 Å². The Balaban J connectivity index is 1.82. The predicted octanol–water partition coefficient (Wildman–Crippen LogP) is 2.51. The lowest BCUT2D eigenvalue weighted by molar-refractivity contribution is -0.121. The van der Waals surface area contributed by atoms with Crippen LogP contribution in [0.5, 0.6) is 0 Å². The van der Waals surface area contributed by atoms with Gasteiger partial charge in [-0.15, -0.1) is 11.3 Å². The molecule has 0 saturated heterocycles. The number of amides is 1. The standard InChI is InChI=1S/C17H22N2O3S2/c1-14(10-11-15-7-4-3-5-8-15)18-16(20)13-19(2)24(21,22)17-9-6-12-23-17/h3-9,12,14H,10-11,13H2,1-2H3,(H,18,20)/t14-/m1/s1. The van der Waals surface area contributed by atoms with Gasteiger partial charge in [-0.1, -0.05) is 36.4 Å². The number of aryl methyl sites for hydroxylation is 1. The minimum atomic E-state index is -3.59. The molecule has 2 aromatic rings. The molecule has 24 heavy (non-hydrogen) atoms. The number of likely N-dealkylation sites (N-methyl/N-ethyl adjacent to an activating group) is 1. The van der Waals surface area contributed by atoms with E-state index in [0.29, 0.717) is 0 Å². The summed E-state index contributed by atoms with van der Waals surface area (Å²) in [6.45, 7) is 1.74. The molecule has 0 unspecified atom stereocenters. The zero-order valence-corrected chi connectivity index (χ0v) is 15.4. The van der Waals surface area contributed by atoms with Gasteiger partial charge in [0.25, 0.3) is 10.0 Å². The van der Waals surface area contributed by atoms with E-state index in [9.17, 15) is 13.2 Å². The summed E-state index contributed by atoms with van der Waals surface area (Å²) >= 11 is 1.14. The van der Waals surface area contributed by atoms with Gasteiger partial charge in [0.1, 0.15) is 4.21 Å². The second-order valence-electron chi connectivity index (χ2n) is 5.69. The summed E-state index contributed by atoms with van der Waals surface area (Å²) in [5, 5.41) is 4.56. The van der Waals surface area contributed by atoms with E-state index in [2.05, 4.69) is 17.4 Å². The highest BCUT2D eigenvalue weighted by Crippen LogP contribution is 2.19. The Morgan fingerprint density at radius 2 is 1.92 bits per heavy atom. The Labute approximate surface area is 147 Å². The summed E-state index contributed by atoms with van der Waals surface area (Å²) in [4.78, 5) is 12.1. The molecule has 2 rings (SSSR count). The largest absolute Gasteiger partial charge is 0.352 e. The zero-order chi connectivity index (χ0) is 17.6. The van der Waals surface area contributed by atoms with Crippen LogP contribution in [0.15, 0.2) is 52.1 Å². The highest BCUT2D eigenvalue weighted by atomic mass is 32.2. The fourth-order valence-electron chi connectivity index (χ4n) is 2.27. The molecule has 1 atom stereocenters. The van der Waals surface area contributed by atoms with Crippen LogP contribution in [0.4, 0.5) is 0 Å². The molecular weight excluding hydrogens is 344 g/mol. The molecular formula is C17H22N2O3S2. The molecule has 0 spiro atoms. The summed E-state index contributed by atoms with van der Waals surface area (Å²) in [5.74, 6) is -0.293. The first-order valence-corrected chi connectivity index (χ1v) is 10.0. The number of hydrogen-bond acceptors (Lipinski definition) is 4. The average molecular weight is 367 g/mol. The molecule has 1 aromatic heterocycles. The molecule has 0 aliphatic heterocycles. The molecule has 0 bridgehead atoms. The summed E-state index contributed by atoms with van der Waals surface area (Å²) in [6.07, 6.45) is 1.67. The minimum Gasteiger partial charge on any atom is -0.352 e. The molecule has 7 heteroatoms. The van der Waals surface area contributed by atoms with Gasteiger partial charge >= 0.3 is 0 Å². The van der Waals surface area contributed by atoms with Crippen molar-refractivity contribution in [2.75, 3.05) is 13.6 Å². The van der Waals surface area contributed by atoms with Crippen LogP contribution in [0.1, 0.15) is 18.9 Å². The highest BCUT2D eigenvalue weighted by molar-refractivity contribution is 7.91. The molecule has 1 aromatic carbocycles. The molecule has 0 saturated carbocycles. The predicted molar refractivity (Wildman–Crippen MR) is 96.5 cm³/mol. The second-order valence-corrected chi connectivity index (χ2v) is 8.91. The van der Waals surface area contributed by atoms with Crippen molar-refractivity contribution < 1.29 is 13.2 Å². The van der Waals surface area contributed by atoms with Crippen LogP contribution in [0, 0.1) is 0 Å². The van der Waals surface area contributed by atoms with E-state index >= 15 is 0 Å². The highest BCUT2D eigenvalue weighted by Gasteiger charge is 2.24. The van der Waals surface area contributed by atoms with E-state index < -0.39 is 10.0 Å². The molecule has 0 radical (unpaired) electrons. The van der Waals surface area contributed by atoms with Gasteiger partial charge in [-0.05, 0) is 36.8 Å². The molecule has 0 aliphatic carbocycles. The minimum absolute atomic E-state index is 0.0180. The lowest BCUT2D eigenvalue weighted by Gasteiger charge is -2.18. The number of rotatable bonds is 8. The van der Waals surface area contributed by atoms with Crippen molar-refractivity contribution >= 4 is 27.3 Å². The number of hydrogen-bond donors (Lipinski definition) is 1. The summed E-state index contributed by atoms with van der Waals surface area (Å²) in [7, 11) is -2.17. The van der Waals surface area contributed by atoms with E-state index in [4.69, 9.17) is 0 Å². The lowest BCUT2D eigenvalue weighted by atomic mass is 10.1. The maximum Gasteiger partial charge on any atom is 0.252 e. The van der Waals surface area contributed by atoms with Gasteiger partial charge in [-0.25, -0.2) is 8.42 Å². The van der Waals surface area contributed by atoms with Crippen molar-refractivity contribution in [3.63, 3.8) is 0 Å². The summed E-state index contributed by atoms with van der Waals surface area (Å²) in [5.41, 5.74) is 1.22. The topological polar surface area (TPSA) is 66.5 Å². The van der Waals surface area contributed by atoms with Gasteiger partial charge in [0.05, 0.1) is 6.54 Å². The van der Waals surface area contributed by atoms with Gasteiger partial charge < -0.3 is 5.32 Å². The van der Waals surface area contributed by atoms with E-state index in [1.165, 1.54) is 18.7 Å². The van der Waals surface area contributed by atoms with Gasteiger partial charge in [-0.3, -0.25) is 4.79 Å². The van der Waals surface area contributed by atoms with Crippen LogP contribution < -0.4 is 5.32 Å². The fraction of sp³-hybridized carbons (Fsp3) is 0.353. The Bertz CT molecular complexity index is 743. The first-order chi connectivity index (χ1) is 11.4. The van der Waals surface area contributed by atoms with Gasteiger partial charge in [0, 0.05) is 13.1 Å². The van der Waals surface area contributed by atoms with E-state index in [1.807, 2.05) is 25.1 Å². The number of nitrogens with one attached hydrogen (secondary N) is 1. The summed E-state index contributed by atoms with van der Waals surface area (Å²) in [6, 6.07) is 13.3. The van der Waals surface area contributed by atoms with E-state index in [0.717, 1.165) is 28.5 Å². The Morgan fingerprint density at radius 1 is 1.21 bits per heavy atom. The monoisotopic (exact) mass is 366 g/mol. The number of carbonyl (C=O) groups is 1. The smallest absolute Gasteiger partial charge is 0.252 e. The first kappa shape index (κ1) is 18.6. The van der Waals surface area contributed by atoms with Crippen LogP contribution in [-0.2, 0) is 21.2 Å². The molecule has 0 fully saturated rings. The Morgan fingerprint density at radius 3 is 2.54 bits per heavy atom. The fourth-order valence-corrected chi connectivity index (χ4v) is 4.60. The van der Waals surface area contributed by atoms with E-state index in [1.54, 1.807) is 11.4 Å². The molecule has 5 nitrogen and oxygen atoms in total. The Kier molecular flexibility index (Phi) is 6.53. The third-order valence-corrected chi connectivity index (χ3v) is 6.82. The first-order valence-electron chi connectivity index (χ1n) is 7.72. The maximum absolute atomic E-state index is 12.3. The van der Waals surface area contributed by atoms with Crippen LogP contribution in [0.25, 0.3) is 0 Å². The number of nitrogens with zero attached hydrogens (tertiary/aromatic N) is 1. The van der Waals surface area contributed by atoms with Gasteiger partial charge in [-0.2, -0.15) is 4.31 Å². The van der Waals surface area contributed by atoms with Crippen molar-refractivity contribution in [1.82, 2.24) is 9.62 Å². The molecule has 1 N–H and O–H groups in total. The Hall–Kier alpha value is -1.70. The van der Waals surface area contributed by atoms with Gasteiger partial charge in [0.15, 0.2) is 0 Å². The molecule has 130 valence electrons. The quantitative estimate of drug-likeness (QED) is 0.781. The zero-order valence-electron chi connectivity index (χ0n) is 13.8. The average Bonchev–Trinajstić information content (AvgIpc) is 3.09. The second kappa shape index (κ2) is 8.41. The maximum atomic E-state index is 12.3. The van der Waals surface area contributed by atoms with Crippen LogP contribution in [0.2, 0.25) is 0 Å². The SMILES string of the molecule is C[C@H](CCc1ccccc1)NC(=O)CN(C)S(=O)(=O)c1cccs1. The molecule has 0 aliphatic rings. The molecule has 1 heterocycles. The summed E-state index contributed by atoms with van der Waals surface area (Å²) < 4.78 is 25.9. The van der Waals surface area contributed by atoms with Crippen molar-refractivity contribution in [2.24, 2.45) is 0 Å². The molecule has 1 amide bonds. The number of carbonyl (C=O) groups excluding carboxylic acids is 1. The van der Waals surface area contributed by atoms with Crippen molar-refractivity contribution in [2.45, 2.75) is 30.0 Å². The number of benzene rings is 1. The van der Waals surface area contributed by atoms with Crippen molar-refractivity contribution in [3.8, 4) is 0 Å². The normalized spacial score (nSPS) is 13.0.